The summed E-state index contributed by atoms with van der Waals surface area (Å²) in [5.41, 5.74) is 2.11. The SMILES string of the molecule is Cc1cccc(Cl)c1NC(=O)C1N(CCCCCCO)C(=O)[C@@H]2[C@@H](C(=O)Nc3ccccc3)[C@H]3CC(C)C12S3. The highest BCUT2D eigenvalue weighted by atomic mass is 35.5. The number of carbonyl (C=O) groups is 3. The molecule has 39 heavy (non-hydrogen) atoms. The smallest absolute Gasteiger partial charge is 0.248 e. The fourth-order valence-corrected chi connectivity index (χ4v) is 9.53. The van der Waals surface area contributed by atoms with Crippen LogP contribution in [0.2, 0.25) is 5.02 Å². The summed E-state index contributed by atoms with van der Waals surface area (Å²) in [6.45, 7) is 4.59. The molecule has 0 saturated carbocycles. The van der Waals surface area contributed by atoms with Gasteiger partial charge in [0.15, 0.2) is 0 Å². The van der Waals surface area contributed by atoms with E-state index in [2.05, 4.69) is 17.6 Å². The van der Waals surface area contributed by atoms with Crippen LogP contribution in [0.1, 0.15) is 44.6 Å². The molecule has 9 heteroatoms. The molecule has 3 fully saturated rings. The number of likely N-dealkylation sites (tertiary alicyclic amines) is 1. The van der Waals surface area contributed by atoms with Crippen LogP contribution < -0.4 is 10.6 Å². The van der Waals surface area contributed by atoms with Crippen molar-refractivity contribution in [3.63, 3.8) is 0 Å². The first kappa shape index (κ1) is 28.0. The van der Waals surface area contributed by atoms with Gasteiger partial charge in [0.25, 0.3) is 0 Å². The molecular weight excluding hydrogens is 534 g/mol. The number of hydrogen-bond acceptors (Lipinski definition) is 5. The summed E-state index contributed by atoms with van der Waals surface area (Å²) < 4.78 is -0.690. The Morgan fingerprint density at radius 1 is 1.05 bits per heavy atom. The zero-order valence-electron chi connectivity index (χ0n) is 22.4. The van der Waals surface area contributed by atoms with Crippen molar-refractivity contribution in [3.8, 4) is 0 Å². The molecule has 0 aliphatic carbocycles. The maximum absolute atomic E-state index is 14.2. The molecule has 3 unspecified atom stereocenters. The lowest BCUT2D eigenvalue weighted by Gasteiger charge is -2.38. The molecule has 208 valence electrons. The average molecular weight is 570 g/mol. The number of amides is 3. The first-order valence-corrected chi connectivity index (χ1v) is 15.1. The van der Waals surface area contributed by atoms with E-state index in [9.17, 15) is 14.4 Å². The summed E-state index contributed by atoms with van der Waals surface area (Å²) in [7, 11) is 0. The number of rotatable bonds is 10. The van der Waals surface area contributed by atoms with Gasteiger partial charge >= 0.3 is 0 Å². The molecule has 2 aromatic carbocycles. The van der Waals surface area contributed by atoms with Crippen LogP contribution >= 0.6 is 23.4 Å². The molecule has 3 heterocycles. The summed E-state index contributed by atoms with van der Waals surface area (Å²) in [4.78, 5) is 43.7. The fraction of sp³-hybridized carbons (Fsp3) is 0.500. The normalized spacial score (nSPS) is 29.0. The molecule has 3 N–H and O–H groups in total. The molecule has 0 radical (unpaired) electrons. The molecule has 3 aliphatic heterocycles. The van der Waals surface area contributed by atoms with Gasteiger partial charge in [-0.25, -0.2) is 0 Å². The van der Waals surface area contributed by atoms with Gasteiger partial charge < -0.3 is 20.6 Å². The minimum Gasteiger partial charge on any atom is -0.396 e. The summed E-state index contributed by atoms with van der Waals surface area (Å²) >= 11 is 8.13. The molecular formula is C30H36ClN3O4S. The number of halogens is 1. The second-order valence-corrected chi connectivity index (χ2v) is 13.0. The van der Waals surface area contributed by atoms with Gasteiger partial charge in [0.1, 0.15) is 6.04 Å². The minimum atomic E-state index is -0.706. The van der Waals surface area contributed by atoms with Crippen molar-refractivity contribution in [1.29, 1.82) is 0 Å². The molecule has 3 aliphatic rings. The number of fused-ring (bicyclic) bond motifs is 1. The zero-order chi connectivity index (χ0) is 27.7. The Kier molecular flexibility index (Phi) is 8.26. The number of unbranched alkanes of at least 4 members (excludes halogenated alkanes) is 3. The van der Waals surface area contributed by atoms with Gasteiger partial charge in [-0.3, -0.25) is 14.4 Å². The molecule has 6 atom stereocenters. The number of aliphatic hydroxyl groups is 1. The minimum absolute atomic E-state index is 0.0262. The molecule has 1 spiro atoms. The Hall–Kier alpha value is -2.55. The predicted molar refractivity (Wildman–Crippen MR) is 156 cm³/mol. The summed E-state index contributed by atoms with van der Waals surface area (Å²) in [6.07, 6.45) is 3.93. The highest BCUT2D eigenvalue weighted by Gasteiger charge is 2.75. The summed E-state index contributed by atoms with van der Waals surface area (Å²) in [5.74, 6) is -1.50. The second kappa shape index (κ2) is 11.5. The topological polar surface area (TPSA) is 98.7 Å². The second-order valence-electron chi connectivity index (χ2n) is 11.0. The van der Waals surface area contributed by atoms with E-state index < -0.39 is 22.6 Å². The highest BCUT2D eigenvalue weighted by Crippen LogP contribution is 2.68. The Balaban J connectivity index is 1.47. The van der Waals surface area contributed by atoms with Crippen LogP contribution in [0.15, 0.2) is 48.5 Å². The standard InChI is InChI=1S/C30H36ClN3O4S/c1-18-11-10-14-21(31)25(18)33-28(37)26-30-19(2)17-22(39-30)23(27(36)32-20-12-6-5-7-13-20)24(30)29(38)34(26)15-8-3-4-9-16-35/h5-7,10-14,19,22-24,26,35H,3-4,8-9,15-17H2,1-2H3,(H,32,36)(H,33,37)/t19?,22-,23+,24+,26?,30?/m1/s1. The number of aryl methyl sites for hydroxylation is 1. The van der Waals surface area contributed by atoms with Crippen LogP contribution in [0, 0.1) is 24.7 Å². The van der Waals surface area contributed by atoms with Crippen LogP contribution in [0.5, 0.6) is 0 Å². The van der Waals surface area contributed by atoms with Gasteiger partial charge in [-0.15, -0.1) is 11.8 Å². The highest BCUT2D eigenvalue weighted by molar-refractivity contribution is 8.02. The summed E-state index contributed by atoms with van der Waals surface area (Å²) in [6, 6.07) is 14.1. The number of benzene rings is 2. The van der Waals surface area contributed by atoms with Gasteiger partial charge in [0.2, 0.25) is 17.7 Å². The molecule has 2 bridgehead atoms. The number of anilines is 2. The van der Waals surface area contributed by atoms with E-state index >= 15 is 0 Å². The number of para-hydroxylation sites is 2. The Bertz CT molecular complexity index is 1220. The maximum Gasteiger partial charge on any atom is 0.248 e. The maximum atomic E-state index is 14.2. The van der Waals surface area contributed by atoms with Crippen molar-refractivity contribution in [2.45, 2.75) is 62.0 Å². The number of nitrogens with zero attached hydrogens (tertiary/aromatic N) is 1. The van der Waals surface area contributed by atoms with Gasteiger partial charge in [0, 0.05) is 24.1 Å². The van der Waals surface area contributed by atoms with Crippen molar-refractivity contribution in [2.24, 2.45) is 17.8 Å². The Labute approximate surface area is 239 Å². The van der Waals surface area contributed by atoms with Crippen LogP contribution in [-0.4, -0.2) is 56.9 Å². The van der Waals surface area contributed by atoms with Crippen LogP contribution in [0.25, 0.3) is 0 Å². The van der Waals surface area contributed by atoms with E-state index in [-0.39, 0.29) is 35.5 Å². The predicted octanol–water partition coefficient (Wildman–Crippen LogP) is 5.12. The molecule has 3 amide bonds. The van der Waals surface area contributed by atoms with Crippen LogP contribution in [0.3, 0.4) is 0 Å². The quantitative estimate of drug-likeness (QED) is 0.345. The van der Waals surface area contributed by atoms with E-state index in [4.69, 9.17) is 16.7 Å². The third kappa shape index (κ3) is 4.96. The zero-order valence-corrected chi connectivity index (χ0v) is 23.9. The number of hydrogen-bond donors (Lipinski definition) is 3. The van der Waals surface area contributed by atoms with E-state index in [0.717, 1.165) is 31.2 Å². The number of thioether (sulfide) groups is 1. The van der Waals surface area contributed by atoms with Crippen molar-refractivity contribution in [2.75, 3.05) is 23.8 Å². The third-order valence-corrected chi connectivity index (χ3v) is 11.0. The molecule has 0 aromatic heterocycles. The lowest BCUT2D eigenvalue weighted by Crippen LogP contribution is -2.55. The van der Waals surface area contributed by atoms with Crippen molar-refractivity contribution >= 4 is 52.5 Å². The molecule has 7 nitrogen and oxygen atoms in total. The fourth-order valence-electron chi connectivity index (χ4n) is 6.84. The van der Waals surface area contributed by atoms with Crippen molar-refractivity contribution in [1.82, 2.24) is 4.90 Å². The summed E-state index contributed by atoms with van der Waals surface area (Å²) in [5, 5.41) is 15.7. The Morgan fingerprint density at radius 2 is 1.79 bits per heavy atom. The van der Waals surface area contributed by atoms with Gasteiger partial charge in [0.05, 0.1) is 27.3 Å². The average Bonchev–Trinajstić information content (AvgIpc) is 3.50. The van der Waals surface area contributed by atoms with Crippen molar-refractivity contribution < 1.29 is 19.5 Å². The van der Waals surface area contributed by atoms with Gasteiger partial charge in [-0.1, -0.05) is 61.7 Å². The first-order chi connectivity index (χ1) is 18.8. The monoisotopic (exact) mass is 569 g/mol. The van der Waals surface area contributed by atoms with Crippen LogP contribution in [0.4, 0.5) is 11.4 Å². The number of carbonyl (C=O) groups excluding carboxylic acids is 3. The van der Waals surface area contributed by atoms with E-state index in [1.54, 1.807) is 22.7 Å². The lowest BCUT2D eigenvalue weighted by molar-refractivity contribution is -0.138. The van der Waals surface area contributed by atoms with Gasteiger partial charge in [-0.05, 0) is 55.9 Å². The largest absolute Gasteiger partial charge is 0.396 e. The lowest BCUT2D eigenvalue weighted by atomic mass is 9.66. The van der Waals surface area contributed by atoms with E-state index in [0.29, 0.717) is 29.4 Å². The molecule has 3 saturated heterocycles. The number of nitrogens with one attached hydrogen (secondary N) is 2. The van der Waals surface area contributed by atoms with E-state index in [1.165, 1.54) is 0 Å². The first-order valence-electron chi connectivity index (χ1n) is 13.8. The molecule has 5 rings (SSSR count). The van der Waals surface area contributed by atoms with Crippen LogP contribution in [-0.2, 0) is 14.4 Å². The number of aliphatic hydroxyl groups excluding tert-OH is 1. The molecule has 2 aromatic rings. The van der Waals surface area contributed by atoms with Gasteiger partial charge in [-0.2, -0.15) is 0 Å². The Morgan fingerprint density at radius 3 is 2.51 bits per heavy atom. The van der Waals surface area contributed by atoms with E-state index in [1.807, 2.05) is 49.4 Å². The third-order valence-electron chi connectivity index (χ3n) is 8.62. The van der Waals surface area contributed by atoms with Crippen molar-refractivity contribution in [3.05, 3.63) is 59.1 Å².